The minimum atomic E-state index is -4.05. The van der Waals surface area contributed by atoms with Crippen LogP contribution in [0.15, 0.2) is 22.1 Å². The van der Waals surface area contributed by atoms with E-state index in [1.54, 1.807) is 0 Å². The number of hydrazone groups is 1. The van der Waals surface area contributed by atoms with Gasteiger partial charge in [-0.05, 0) is 18.6 Å². The van der Waals surface area contributed by atoms with E-state index in [1.807, 2.05) is 6.92 Å². The first-order chi connectivity index (χ1) is 12.1. The molecular formula is C13H16ClF2N5O4S. The Morgan fingerprint density at radius 3 is 2.73 bits per heavy atom. The van der Waals surface area contributed by atoms with Gasteiger partial charge in [0.1, 0.15) is 10.6 Å². The van der Waals surface area contributed by atoms with Crippen molar-refractivity contribution in [2.75, 3.05) is 12.8 Å². The minimum absolute atomic E-state index is 0.140. The van der Waals surface area contributed by atoms with Gasteiger partial charge in [-0.3, -0.25) is 15.1 Å². The Bertz CT molecular complexity index is 834. The largest absolute Gasteiger partial charge is 0.433 e. The fourth-order valence-electron chi connectivity index (χ4n) is 2.15. The van der Waals surface area contributed by atoms with E-state index in [0.29, 0.717) is 6.54 Å². The number of alkyl halides is 2. The number of amides is 1. The van der Waals surface area contributed by atoms with Gasteiger partial charge in [-0.1, -0.05) is 18.5 Å². The van der Waals surface area contributed by atoms with Crippen molar-refractivity contribution in [2.45, 2.75) is 24.9 Å². The molecule has 1 amide bonds. The number of carbonyl (C=O) groups is 1. The molecule has 0 spiro atoms. The first-order valence-corrected chi connectivity index (χ1v) is 9.56. The number of sulfone groups is 1. The third kappa shape index (κ3) is 4.51. The molecule has 0 aromatic heterocycles. The van der Waals surface area contributed by atoms with Crippen LogP contribution in [0.1, 0.15) is 23.7 Å². The van der Waals surface area contributed by atoms with Gasteiger partial charge in [0.2, 0.25) is 5.96 Å². The molecule has 3 N–H and O–H groups in total. The fourth-order valence-corrected chi connectivity index (χ4v) is 3.73. The molecule has 0 saturated heterocycles. The maximum absolute atomic E-state index is 12.5. The predicted molar refractivity (Wildman–Crippen MR) is 89.4 cm³/mol. The third-order valence-corrected chi connectivity index (χ3v) is 4.82. The van der Waals surface area contributed by atoms with Crippen LogP contribution in [-0.2, 0) is 9.84 Å². The van der Waals surface area contributed by atoms with Crippen molar-refractivity contribution in [3.05, 3.63) is 22.7 Å². The lowest BCUT2D eigenvalue weighted by atomic mass is 10.2. The Morgan fingerprint density at radius 2 is 2.15 bits per heavy atom. The second-order valence-electron chi connectivity index (χ2n) is 5.17. The second-order valence-corrected chi connectivity index (χ2v) is 7.50. The molecule has 1 aromatic rings. The topological polar surface area (TPSA) is 112 Å². The van der Waals surface area contributed by atoms with Crippen molar-refractivity contribution in [1.82, 2.24) is 21.4 Å². The lowest BCUT2D eigenvalue weighted by molar-refractivity contribution is -0.0517. The summed E-state index contributed by atoms with van der Waals surface area (Å²) in [4.78, 5) is 11.7. The first-order valence-electron chi connectivity index (χ1n) is 7.29. The number of carbonyl (C=O) groups excluding carboxylic acids is 1. The smallest absolute Gasteiger partial charge is 0.387 e. The molecule has 144 valence electrons. The molecule has 0 saturated carbocycles. The number of nitrogens with one attached hydrogen (secondary N) is 3. The monoisotopic (exact) mass is 411 g/mol. The summed E-state index contributed by atoms with van der Waals surface area (Å²) in [6.45, 7) is -0.815. The predicted octanol–water partition coefficient (Wildman–Crippen LogP) is 1.08. The number of hydrogen-bond acceptors (Lipinski definition) is 8. The van der Waals surface area contributed by atoms with E-state index in [2.05, 4.69) is 26.2 Å². The Morgan fingerprint density at radius 1 is 1.46 bits per heavy atom. The average Bonchev–Trinajstić information content (AvgIpc) is 2.92. The molecule has 0 unspecified atom stereocenters. The lowest BCUT2D eigenvalue weighted by Gasteiger charge is -2.18. The Balaban J connectivity index is 2.36. The number of guanidine groups is 1. The highest BCUT2D eigenvalue weighted by molar-refractivity contribution is 7.91. The molecule has 0 aliphatic carbocycles. The van der Waals surface area contributed by atoms with Crippen LogP contribution in [-0.4, -0.2) is 44.7 Å². The van der Waals surface area contributed by atoms with Gasteiger partial charge in [0, 0.05) is 12.8 Å². The lowest BCUT2D eigenvalue weighted by Crippen LogP contribution is -2.48. The summed E-state index contributed by atoms with van der Waals surface area (Å²) >= 11 is 6.01. The summed E-state index contributed by atoms with van der Waals surface area (Å²) in [6, 6.07) is 2.03. The number of nitrogens with zero attached hydrogens (tertiary/aromatic N) is 2. The molecule has 0 atom stereocenters. The van der Waals surface area contributed by atoms with E-state index in [0.717, 1.165) is 24.8 Å². The molecule has 1 heterocycles. The number of hydrazine groups is 2. The van der Waals surface area contributed by atoms with E-state index in [-0.39, 0.29) is 11.5 Å². The number of halogens is 3. The van der Waals surface area contributed by atoms with E-state index in [9.17, 15) is 22.0 Å². The maximum atomic E-state index is 12.5. The molecule has 1 aliphatic rings. The third-order valence-electron chi connectivity index (χ3n) is 3.17. The van der Waals surface area contributed by atoms with Crippen molar-refractivity contribution in [1.29, 1.82) is 0 Å². The Labute approximate surface area is 153 Å². The SMILES string of the molecule is CCCN1NNN=C1NC(=O)c1ccc(OC(F)F)c(S(C)(=O)=O)c1Cl. The summed E-state index contributed by atoms with van der Waals surface area (Å²) in [5, 5.41) is 7.26. The normalized spacial score (nSPS) is 14.2. The van der Waals surface area contributed by atoms with E-state index in [4.69, 9.17) is 11.6 Å². The molecule has 0 radical (unpaired) electrons. The van der Waals surface area contributed by atoms with E-state index in [1.165, 1.54) is 5.01 Å². The van der Waals surface area contributed by atoms with Crippen molar-refractivity contribution >= 4 is 33.3 Å². The minimum Gasteiger partial charge on any atom is -0.433 e. The zero-order valence-corrected chi connectivity index (χ0v) is 15.3. The quantitative estimate of drug-likeness (QED) is 0.642. The van der Waals surface area contributed by atoms with Crippen LogP contribution in [0.4, 0.5) is 8.78 Å². The van der Waals surface area contributed by atoms with E-state index < -0.39 is 38.0 Å². The molecule has 0 fully saturated rings. The van der Waals surface area contributed by atoms with Crippen LogP contribution < -0.4 is 21.1 Å². The van der Waals surface area contributed by atoms with Crippen molar-refractivity contribution in [3.8, 4) is 5.75 Å². The molecular weight excluding hydrogens is 396 g/mol. The highest BCUT2D eigenvalue weighted by atomic mass is 35.5. The van der Waals surface area contributed by atoms with Crippen molar-refractivity contribution < 1.29 is 26.7 Å². The van der Waals surface area contributed by atoms with Gasteiger partial charge in [-0.2, -0.15) is 8.78 Å². The van der Waals surface area contributed by atoms with Crippen molar-refractivity contribution in [3.63, 3.8) is 0 Å². The molecule has 2 rings (SSSR count). The summed E-state index contributed by atoms with van der Waals surface area (Å²) in [5.74, 6) is -1.27. The molecule has 26 heavy (non-hydrogen) atoms. The summed E-state index contributed by atoms with van der Waals surface area (Å²) in [6.07, 6.45) is 1.52. The first kappa shape index (κ1) is 20.1. The number of benzene rings is 1. The highest BCUT2D eigenvalue weighted by Crippen LogP contribution is 2.35. The zero-order valence-electron chi connectivity index (χ0n) is 13.7. The number of rotatable bonds is 6. The Hall–Kier alpha value is -2.18. The Kier molecular flexibility index (Phi) is 6.21. The van der Waals surface area contributed by atoms with E-state index >= 15 is 0 Å². The second kappa shape index (κ2) is 8.01. The summed E-state index contributed by atoms with van der Waals surface area (Å²) in [5.41, 5.74) is 4.90. The van der Waals surface area contributed by atoms with Gasteiger partial charge in [0.25, 0.3) is 5.91 Å². The number of ether oxygens (including phenoxy) is 1. The number of hydrogen-bond donors (Lipinski definition) is 3. The molecule has 9 nitrogen and oxygen atoms in total. The zero-order chi connectivity index (χ0) is 19.5. The van der Waals surface area contributed by atoms with Gasteiger partial charge in [0.05, 0.1) is 10.6 Å². The van der Waals surface area contributed by atoms with Gasteiger partial charge in [0.15, 0.2) is 9.84 Å². The summed E-state index contributed by atoms with van der Waals surface area (Å²) in [7, 11) is -4.05. The standard InChI is InChI=1S/C13H16ClF2N5O4S/c1-3-6-21-13(18-19-20-21)17-11(22)7-4-5-8(25-12(15)16)10(9(7)14)26(2,23)24/h4-5,12,19-20H,3,6H2,1-2H3,(H,17,18,22). The molecule has 0 bridgehead atoms. The molecule has 1 aliphatic heterocycles. The average molecular weight is 412 g/mol. The maximum Gasteiger partial charge on any atom is 0.387 e. The van der Waals surface area contributed by atoms with Gasteiger partial charge in [-0.25, -0.2) is 14.0 Å². The van der Waals surface area contributed by atoms with Gasteiger partial charge >= 0.3 is 6.61 Å². The molecule has 13 heteroatoms. The van der Waals surface area contributed by atoms with Crippen LogP contribution >= 0.6 is 11.6 Å². The van der Waals surface area contributed by atoms with Crippen LogP contribution in [0.25, 0.3) is 0 Å². The van der Waals surface area contributed by atoms with Crippen LogP contribution in [0, 0.1) is 0 Å². The summed E-state index contributed by atoms with van der Waals surface area (Å²) < 4.78 is 53.0. The molecule has 1 aromatic carbocycles. The van der Waals surface area contributed by atoms with Gasteiger partial charge in [-0.15, -0.1) is 10.6 Å². The van der Waals surface area contributed by atoms with Crippen LogP contribution in [0.5, 0.6) is 5.75 Å². The van der Waals surface area contributed by atoms with Crippen LogP contribution in [0.2, 0.25) is 5.02 Å². The highest BCUT2D eigenvalue weighted by Gasteiger charge is 2.27. The fraction of sp³-hybridized carbons (Fsp3) is 0.385. The van der Waals surface area contributed by atoms with Crippen LogP contribution in [0.3, 0.4) is 0 Å². The van der Waals surface area contributed by atoms with Gasteiger partial charge < -0.3 is 4.74 Å². The van der Waals surface area contributed by atoms with Crippen molar-refractivity contribution in [2.24, 2.45) is 5.10 Å².